The van der Waals surface area contributed by atoms with Crippen LogP contribution in [0.15, 0.2) is 34.9 Å². The number of carbonyl (C=O) groups excluding carboxylic acids is 2. The summed E-state index contributed by atoms with van der Waals surface area (Å²) in [5.41, 5.74) is 5.76. The normalized spacial score (nSPS) is 12.0. The van der Waals surface area contributed by atoms with E-state index in [0.717, 1.165) is 0 Å². The van der Waals surface area contributed by atoms with Crippen molar-refractivity contribution in [3.05, 3.63) is 36.1 Å². The van der Waals surface area contributed by atoms with Gasteiger partial charge in [-0.3, -0.25) is 9.59 Å². The molecule has 0 spiro atoms. The van der Waals surface area contributed by atoms with Crippen LogP contribution in [-0.4, -0.2) is 28.9 Å². The molecule has 0 aliphatic heterocycles. The second-order valence-electron chi connectivity index (χ2n) is 4.51. The summed E-state index contributed by atoms with van der Waals surface area (Å²) in [5.74, 6) is -2.42. The lowest BCUT2D eigenvalue weighted by Gasteiger charge is -2.13. The Balaban J connectivity index is 2.15. The van der Waals surface area contributed by atoms with E-state index in [1.807, 2.05) is 0 Å². The Morgan fingerprint density at radius 1 is 1.29 bits per heavy atom. The molecule has 4 N–H and O–H groups in total. The molecule has 110 valence electrons. The molecule has 7 heteroatoms. The molecular formula is C14H14N2O5. The summed E-state index contributed by atoms with van der Waals surface area (Å²) < 4.78 is 5.23. The van der Waals surface area contributed by atoms with Gasteiger partial charge in [0.05, 0.1) is 5.56 Å². The highest BCUT2D eigenvalue weighted by atomic mass is 16.4. The van der Waals surface area contributed by atoms with Gasteiger partial charge in [0.1, 0.15) is 17.9 Å². The van der Waals surface area contributed by atoms with Crippen LogP contribution in [0, 0.1) is 0 Å². The Labute approximate surface area is 119 Å². The minimum Gasteiger partial charge on any atom is -0.480 e. The summed E-state index contributed by atoms with van der Waals surface area (Å²) in [7, 11) is 0. The monoisotopic (exact) mass is 290 g/mol. The average Bonchev–Trinajstić information content (AvgIpc) is 2.86. The molecule has 2 aromatic rings. The first-order valence-corrected chi connectivity index (χ1v) is 6.27. The van der Waals surface area contributed by atoms with Crippen LogP contribution >= 0.6 is 0 Å². The molecule has 21 heavy (non-hydrogen) atoms. The first-order valence-electron chi connectivity index (χ1n) is 6.27. The number of rotatable bonds is 6. The quantitative estimate of drug-likeness (QED) is 0.728. The van der Waals surface area contributed by atoms with Crippen molar-refractivity contribution in [3.8, 4) is 0 Å². The highest BCUT2D eigenvalue weighted by molar-refractivity contribution is 6.06. The van der Waals surface area contributed by atoms with E-state index in [9.17, 15) is 14.4 Å². The second-order valence-corrected chi connectivity index (χ2v) is 4.51. The SMILES string of the molecule is NC(=O)CC[C@@H](NC(=O)c1coc2ccccc12)C(=O)O. The van der Waals surface area contributed by atoms with E-state index in [1.165, 1.54) is 6.26 Å². The van der Waals surface area contributed by atoms with Gasteiger partial charge < -0.3 is 20.6 Å². The number of furan rings is 1. The third-order valence-corrected chi connectivity index (χ3v) is 3.01. The van der Waals surface area contributed by atoms with E-state index in [4.69, 9.17) is 15.3 Å². The van der Waals surface area contributed by atoms with E-state index in [-0.39, 0.29) is 18.4 Å². The van der Waals surface area contributed by atoms with E-state index < -0.39 is 23.8 Å². The van der Waals surface area contributed by atoms with Crippen LogP contribution in [0.3, 0.4) is 0 Å². The number of carboxylic acids is 1. The van der Waals surface area contributed by atoms with Gasteiger partial charge in [-0.05, 0) is 12.5 Å². The van der Waals surface area contributed by atoms with Crippen molar-refractivity contribution in [2.45, 2.75) is 18.9 Å². The molecule has 0 saturated heterocycles. The summed E-state index contributed by atoms with van der Waals surface area (Å²) in [6.45, 7) is 0. The van der Waals surface area contributed by atoms with Crippen LogP contribution in [0.25, 0.3) is 11.0 Å². The molecule has 7 nitrogen and oxygen atoms in total. The van der Waals surface area contributed by atoms with Gasteiger partial charge in [-0.25, -0.2) is 4.79 Å². The van der Waals surface area contributed by atoms with Crippen LogP contribution in [0.2, 0.25) is 0 Å². The van der Waals surface area contributed by atoms with Gasteiger partial charge >= 0.3 is 5.97 Å². The summed E-state index contributed by atoms with van der Waals surface area (Å²) >= 11 is 0. The molecule has 2 rings (SSSR count). The molecule has 0 aliphatic carbocycles. The summed E-state index contributed by atoms with van der Waals surface area (Å²) in [4.78, 5) is 33.9. The summed E-state index contributed by atoms with van der Waals surface area (Å²) in [5, 5.41) is 12.0. The minimum absolute atomic E-state index is 0.0633. The van der Waals surface area contributed by atoms with Crippen LogP contribution < -0.4 is 11.1 Å². The van der Waals surface area contributed by atoms with Crippen LogP contribution in [0.4, 0.5) is 0 Å². The summed E-state index contributed by atoms with van der Waals surface area (Å²) in [6.07, 6.45) is 1.09. The number of carbonyl (C=O) groups is 3. The fraction of sp³-hybridized carbons (Fsp3) is 0.214. The zero-order valence-corrected chi connectivity index (χ0v) is 11.0. The molecule has 1 aromatic carbocycles. The first-order chi connectivity index (χ1) is 9.99. The molecule has 1 aromatic heterocycles. The Hall–Kier alpha value is -2.83. The van der Waals surface area contributed by atoms with Gasteiger partial charge in [-0.1, -0.05) is 18.2 Å². The molecule has 0 saturated carbocycles. The minimum atomic E-state index is -1.22. The number of para-hydroxylation sites is 1. The van der Waals surface area contributed by atoms with Gasteiger partial charge in [0, 0.05) is 11.8 Å². The maximum atomic E-state index is 12.1. The number of benzene rings is 1. The van der Waals surface area contributed by atoms with Gasteiger partial charge in [0.2, 0.25) is 5.91 Å². The maximum Gasteiger partial charge on any atom is 0.326 e. The zero-order valence-electron chi connectivity index (χ0n) is 11.0. The largest absolute Gasteiger partial charge is 0.480 e. The van der Waals surface area contributed by atoms with Crippen molar-refractivity contribution in [1.82, 2.24) is 5.32 Å². The van der Waals surface area contributed by atoms with E-state index in [2.05, 4.69) is 5.32 Å². The van der Waals surface area contributed by atoms with Gasteiger partial charge in [0.15, 0.2) is 0 Å². The zero-order chi connectivity index (χ0) is 15.4. The van der Waals surface area contributed by atoms with Crippen molar-refractivity contribution in [2.75, 3.05) is 0 Å². The molecular weight excluding hydrogens is 276 g/mol. The molecule has 0 unspecified atom stereocenters. The fourth-order valence-electron chi connectivity index (χ4n) is 1.93. The van der Waals surface area contributed by atoms with Crippen LogP contribution in [0.1, 0.15) is 23.2 Å². The Morgan fingerprint density at radius 3 is 2.67 bits per heavy atom. The highest BCUT2D eigenvalue weighted by Gasteiger charge is 2.23. The van der Waals surface area contributed by atoms with Gasteiger partial charge in [-0.15, -0.1) is 0 Å². The molecule has 0 bridgehead atoms. The smallest absolute Gasteiger partial charge is 0.326 e. The van der Waals surface area contributed by atoms with Gasteiger partial charge in [0.25, 0.3) is 5.91 Å². The number of primary amides is 1. The van der Waals surface area contributed by atoms with Gasteiger partial charge in [-0.2, -0.15) is 0 Å². The number of nitrogens with one attached hydrogen (secondary N) is 1. The Bertz CT molecular complexity index is 691. The van der Waals surface area contributed by atoms with Crippen molar-refractivity contribution in [1.29, 1.82) is 0 Å². The standard InChI is InChI=1S/C14H14N2O5/c15-12(17)6-5-10(14(19)20)16-13(18)9-7-21-11-4-2-1-3-8(9)11/h1-4,7,10H,5-6H2,(H2,15,17)(H,16,18)(H,19,20)/t10-/m1/s1. The lowest BCUT2D eigenvalue weighted by Crippen LogP contribution is -2.41. The topological polar surface area (TPSA) is 123 Å². The molecule has 0 aliphatic rings. The highest BCUT2D eigenvalue weighted by Crippen LogP contribution is 2.20. The lowest BCUT2D eigenvalue weighted by atomic mass is 10.1. The van der Waals surface area contributed by atoms with Crippen LogP contribution in [-0.2, 0) is 9.59 Å². The molecule has 0 radical (unpaired) electrons. The summed E-state index contributed by atoms with van der Waals surface area (Å²) in [6, 6.07) is 5.73. The molecule has 0 fully saturated rings. The Kier molecular flexibility index (Phi) is 4.22. The maximum absolute atomic E-state index is 12.1. The predicted octanol–water partition coefficient (Wildman–Crippen LogP) is 0.881. The third kappa shape index (κ3) is 3.38. The fourth-order valence-corrected chi connectivity index (χ4v) is 1.93. The lowest BCUT2D eigenvalue weighted by molar-refractivity contribution is -0.139. The second kappa shape index (κ2) is 6.08. The van der Waals surface area contributed by atoms with E-state index in [1.54, 1.807) is 24.3 Å². The average molecular weight is 290 g/mol. The molecule has 1 heterocycles. The Morgan fingerprint density at radius 2 is 2.00 bits per heavy atom. The van der Waals surface area contributed by atoms with Crippen molar-refractivity contribution < 1.29 is 23.9 Å². The van der Waals surface area contributed by atoms with E-state index in [0.29, 0.717) is 11.0 Å². The molecule has 2 amide bonds. The number of nitrogens with two attached hydrogens (primary N) is 1. The first kappa shape index (κ1) is 14.6. The predicted molar refractivity (Wildman–Crippen MR) is 73.5 cm³/mol. The third-order valence-electron chi connectivity index (χ3n) is 3.01. The van der Waals surface area contributed by atoms with Crippen molar-refractivity contribution in [2.24, 2.45) is 5.73 Å². The van der Waals surface area contributed by atoms with Crippen molar-refractivity contribution in [3.63, 3.8) is 0 Å². The number of hydrogen-bond donors (Lipinski definition) is 3. The number of aliphatic carboxylic acids is 1. The van der Waals surface area contributed by atoms with Crippen LogP contribution in [0.5, 0.6) is 0 Å². The number of hydrogen-bond acceptors (Lipinski definition) is 4. The molecule has 1 atom stereocenters. The number of carboxylic acid groups (broad SMARTS) is 1. The number of fused-ring (bicyclic) bond motifs is 1. The van der Waals surface area contributed by atoms with Crippen molar-refractivity contribution >= 4 is 28.8 Å². The van der Waals surface area contributed by atoms with E-state index >= 15 is 0 Å². The number of amides is 2.